The Hall–Kier alpha value is -0.930. The van der Waals surface area contributed by atoms with E-state index in [-0.39, 0.29) is 23.4 Å². The van der Waals surface area contributed by atoms with Gasteiger partial charge >= 0.3 is 0 Å². The number of halogens is 1. The van der Waals surface area contributed by atoms with E-state index in [1.165, 1.54) is 12.1 Å². The van der Waals surface area contributed by atoms with Gasteiger partial charge in [-0.1, -0.05) is 32.9 Å². The molecule has 2 nitrogen and oxygen atoms in total. The van der Waals surface area contributed by atoms with E-state index in [1.54, 1.807) is 0 Å². The molecule has 1 aliphatic rings. The summed E-state index contributed by atoms with van der Waals surface area (Å²) in [6, 6.07) is 7.21. The van der Waals surface area contributed by atoms with E-state index in [2.05, 4.69) is 26.1 Å². The van der Waals surface area contributed by atoms with Crippen LogP contribution < -0.4 is 5.32 Å². The summed E-state index contributed by atoms with van der Waals surface area (Å²) in [6.45, 7) is 6.27. The predicted octanol–water partition coefficient (Wildman–Crippen LogP) is 3.03. The molecule has 3 heteroatoms. The Morgan fingerprint density at radius 2 is 2.00 bits per heavy atom. The third-order valence-corrected chi connectivity index (χ3v) is 4.30. The molecule has 0 spiro atoms. The average Bonchev–Trinajstić information content (AvgIpc) is 2.35. The molecule has 18 heavy (non-hydrogen) atoms. The highest BCUT2D eigenvalue weighted by Crippen LogP contribution is 2.41. The third-order valence-electron chi connectivity index (χ3n) is 4.30. The molecule has 0 aromatic heterocycles. The molecule has 0 bridgehead atoms. The van der Waals surface area contributed by atoms with Crippen molar-refractivity contribution in [3.8, 4) is 0 Å². The Balaban J connectivity index is 2.04. The summed E-state index contributed by atoms with van der Waals surface area (Å²) in [4.78, 5) is 0. The largest absolute Gasteiger partial charge is 0.392 e. The summed E-state index contributed by atoms with van der Waals surface area (Å²) < 4.78 is 12.9. The Bertz CT molecular complexity index is 401. The van der Waals surface area contributed by atoms with Crippen LogP contribution in [0.15, 0.2) is 24.3 Å². The molecule has 2 N–H and O–H groups in total. The lowest BCUT2D eigenvalue weighted by Gasteiger charge is -2.51. The van der Waals surface area contributed by atoms with E-state index in [1.807, 2.05) is 12.1 Å². The summed E-state index contributed by atoms with van der Waals surface area (Å²) in [6.07, 6.45) is 1.53. The molecule has 1 fully saturated rings. The number of aliphatic hydroxyl groups is 1. The topological polar surface area (TPSA) is 32.3 Å². The van der Waals surface area contributed by atoms with Crippen LogP contribution in [-0.4, -0.2) is 17.3 Å². The number of benzene rings is 1. The van der Waals surface area contributed by atoms with E-state index < -0.39 is 0 Å². The van der Waals surface area contributed by atoms with Gasteiger partial charge < -0.3 is 10.4 Å². The van der Waals surface area contributed by atoms with Crippen LogP contribution in [0.25, 0.3) is 0 Å². The van der Waals surface area contributed by atoms with E-state index >= 15 is 0 Å². The molecule has 1 saturated carbocycles. The van der Waals surface area contributed by atoms with Crippen LogP contribution in [0.5, 0.6) is 0 Å². The van der Waals surface area contributed by atoms with Crippen molar-refractivity contribution in [1.29, 1.82) is 0 Å². The Morgan fingerprint density at radius 1 is 1.39 bits per heavy atom. The van der Waals surface area contributed by atoms with Crippen LogP contribution in [-0.2, 0) is 0 Å². The Kier molecular flexibility index (Phi) is 3.74. The summed E-state index contributed by atoms with van der Waals surface area (Å²) in [7, 11) is 0. The molecular formula is C15H22FNO. The number of aliphatic hydroxyl groups excluding tert-OH is 1. The lowest BCUT2D eigenvalue weighted by atomic mass is 9.64. The summed E-state index contributed by atoms with van der Waals surface area (Å²) >= 11 is 0. The van der Waals surface area contributed by atoms with E-state index in [0.717, 1.165) is 18.4 Å². The molecule has 0 amide bonds. The average molecular weight is 251 g/mol. The van der Waals surface area contributed by atoms with Gasteiger partial charge in [0.1, 0.15) is 5.82 Å². The molecule has 1 aromatic rings. The molecule has 0 aliphatic heterocycles. The zero-order valence-corrected chi connectivity index (χ0v) is 11.3. The van der Waals surface area contributed by atoms with Crippen LogP contribution >= 0.6 is 0 Å². The monoisotopic (exact) mass is 251 g/mol. The summed E-state index contributed by atoms with van der Waals surface area (Å²) in [5.74, 6) is -0.201. The SMILES string of the molecule is CCC(NC1CC(O)C1(C)C)c1ccc(F)cc1. The zero-order chi connectivity index (χ0) is 13.3. The van der Waals surface area contributed by atoms with Gasteiger partial charge in [0, 0.05) is 17.5 Å². The van der Waals surface area contributed by atoms with Gasteiger partial charge in [0.25, 0.3) is 0 Å². The number of hydrogen-bond acceptors (Lipinski definition) is 2. The van der Waals surface area contributed by atoms with Crippen LogP contribution in [0.2, 0.25) is 0 Å². The van der Waals surface area contributed by atoms with Crippen molar-refractivity contribution in [2.24, 2.45) is 5.41 Å². The van der Waals surface area contributed by atoms with Gasteiger partial charge in [-0.3, -0.25) is 0 Å². The summed E-state index contributed by atoms with van der Waals surface area (Å²) in [5.41, 5.74) is 1.03. The molecule has 1 aromatic carbocycles. The van der Waals surface area contributed by atoms with Crippen molar-refractivity contribution in [2.75, 3.05) is 0 Å². The fourth-order valence-corrected chi connectivity index (χ4v) is 2.57. The first kappa shape index (κ1) is 13.5. The van der Waals surface area contributed by atoms with Crippen molar-refractivity contribution in [2.45, 2.75) is 51.8 Å². The predicted molar refractivity (Wildman–Crippen MR) is 70.8 cm³/mol. The van der Waals surface area contributed by atoms with Crippen LogP contribution in [0.1, 0.15) is 45.2 Å². The van der Waals surface area contributed by atoms with Gasteiger partial charge in [-0.25, -0.2) is 4.39 Å². The van der Waals surface area contributed by atoms with Gasteiger partial charge in [-0.15, -0.1) is 0 Å². The molecule has 100 valence electrons. The van der Waals surface area contributed by atoms with Crippen molar-refractivity contribution in [1.82, 2.24) is 5.32 Å². The first-order chi connectivity index (χ1) is 8.45. The Labute approximate surface area is 108 Å². The maximum absolute atomic E-state index is 12.9. The van der Waals surface area contributed by atoms with Gasteiger partial charge in [-0.2, -0.15) is 0 Å². The second-order valence-corrected chi connectivity index (χ2v) is 5.80. The molecule has 1 aliphatic carbocycles. The molecule has 0 heterocycles. The fraction of sp³-hybridized carbons (Fsp3) is 0.600. The minimum absolute atomic E-state index is 0.0759. The second kappa shape index (κ2) is 4.98. The molecular weight excluding hydrogens is 229 g/mol. The first-order valence-electron chi connectivity index (χ1n) is 6.64. The smallest absolute Gasteiger partial charge is 0.123 e. The third kappa shape index (κ3) is 2.43. The highest BCUT2D eigenvalue weighted by molar-refractivity contribution is 5.20. The van der Waals surface area contributed by atoms with Gasteiger partial charge in [0.15, 0.2) is 0 Å². The summed E-state index contributed by atoms with van der Waals surface area (Å²) in [5, 5.41) is 13.3. The lowest BCUT2D eigenvalue weighted by Crippen LogP contribution is -2.60. The van der Waals surface area contributed by atoms with Crippen molar-refractivity contribution >= 4 is 0 Å². The number of nitrogens with one attached hydrogen (secondary N) is 1. The van der Waals surface area contributed by atoms with Gasteiger partial charge in [0.2, 0.25) is 0 Å². The fourth-order valence-electron chi connectivity index (χ4n) is 2.57. The minimum Gasteiger partial charge on any atom is -0.392 e. The molecule has 0 saturated heterocycles. The van der Waals surface area contributed by atoms with E-state index in [0.29, 0.717) is 6.04 Å². The molecule has 0 radical (unpaired) electrons. The van der Waals surface area contributed by atoms with Gasteiger partial charge in [0.05, 0.1) is 6.10 Å². The van der Waals surface area contributed by atoms with Crippen LogP contribution in [0.3, 0.4) is 0 Å². The van der Waals surface area contributed by atoms with Crippen molar-refractivity contribution in [3.05, 3.63) is 35.6 Å². The van der Waals surface area contributed by atoms with E-state index in [4.69, 9.17) is 0 Å². The highest BCUT2D eigenvalue weighted by atomic mass is 19.1. The molecule has 2 rings (SSSR count). The van der Waals surface area contributed by atoms with Crippen molar-refractivity contribution < 1.29 is 9.50 Å². The van der Waals surface area contributed by atoms with E-state index in [9.17, 15) is 9.50 Å². The quantitative estimate of drug-likeness (QED) is 0.862. The first-order valence-corrected chi connectivity index (χ1v) is 6.64. The molecule has 3 unspecified atom stereocenters. The molecule has 3 atom stereocenters. The van der Waals surface area contributed by atoms with Gasteiger partial charge in [-0.05, 0) is 30.5 Å². The van der Waals surface area contributed by atoms with Crippen LogP contribution in [0, 0.1) is 11.2 Å². The van der Waals surface area contributed by atoms with Crippen molar-refractivity contribution in [3.63, 3.8) is 0 Å². The number of rotatable bonds is 4. The lowest BCUT2D eigenvalue weighted by molar-refractivity contribution is -0.0762. The second-order valence-electron chi connectivity index (χ2n) is 5.80. The van der Waals surface area contributed by atoms with Crippen LogP contribution in [0.4, 0.5) is 4.39 Å². The Morgan fingerprint density at radius 3 is 2.44 bits per heavy atom. The highest BCUT2D eigenvalue weighted by Gasteiger charge is 2.47. The maximum Gasteiger partial charge on any atom is 0.123 e. The zero-order valence-electron chi connectivity index (χ0n) is 11.3. The normalized spacial score (nSPS) is 27.6. The minimum atomic E-state index is -0.222. The standard InChI is InChI=1S/C15H22FNO/c1-4-12(10-5-7-11(16)8-6-10)17-13-9-14(18)15(13,2)3/h5-8,12-14,17-18H,4,9H2,1-3H3. The number of hydrogen-bond donors (Lipinski definition) is 2. The maximum atomic E-state index is 12.9.